The number of hydrogen-bond donors (Lipinski definition) is 0. The van der Waals surface area contributed by atoms with Crippen LogP contribution in [0, 0.1) is 6.92 Å². The summed E-state index contributed by atoms with van der Waals surface area (Å²) in [6.07, 6.45) is 0. The van der Waals surface area contributed by atoms with Gasteiger partial charge in [-0.25, -0.2) is 9.78 Å². The number of carbonyl (C=O) groups is 1. The van der Waals surface area contributed by atoms with E-state index in [0.717, 1.165) is 0 Å². The highest BCUT2D eigenvalue weighted by Gasteiger charge is 2.22. The number of methoxy groups -OCH3 is 2. The molecule has 0 saturated carbocycles. The molecule has 112 valence electrons. The number of carbonyl (C=O) groups excluding carboxylic acids is 1. The molecule has 0 aliphatic rings. The summed E-state index contributed by atoms with van der Waals surface area (Å²) in [6.45, 7) is 3.69. The Hall–Kier alpha value is -2.50. The van der Waals surface area contributed by atoms with Gasteiger partial charge in [0.25, 0.3) is 0 Å². The van der Waals surface area contributed by atoms with E-state index in [1.165, 1.54) is 7.11 Å². The van der Waals surface area contributed by atoms with Crippen LogP contribution in [0.4, 0.5) is 0 Å². The van der Waals surface area contributed by atoms with E-state index in [9.17, 15) is 4.79 Å². The molecule has 0 aliphatic heterocycles. The third-order valence-electron chi connectivity index (χ3n) is 2.89. The largest absolute Gasteiger partial charge is 0.493 e. The summed E-state index contributed by atoms with van der Waals surface area (Å²) >= 11 is 0. The highest BCUT2D eigenvalue weighted by atomic mass is 16.5. The molecule has 1 aromatic carbocycles. The second-order valence-corrected chi connectivity index (χ2v) is 4.20. The monoisotopic (exact) mass is 291 g/mol. The van der Waals surface area contributed by atoms with Crippen molar-refractivity contribution in [1.82, 2.24) is 4.98 Å². The molecule has 0 N–H and O–H groups in total. The Morgan fingerprint density at radius 2 is 2.05 bits per heavy atom. The van der Waals surface area contributed by atoms with Gasteiger partial charge in [0.1, 0.15) is 0 Å². The lowest BCUT2D eigenvalue weighted by atomic mass is 10.2. The number of aryl methyl sites for hydroxylation is 1. The van der Waals surface area contributed by atoms with Gasteiger partial charge in [-0.05, 0) is 26.0 Å². The van der Waals surface area contributed by atoms with Crippen molar-refractivity contribution in [2.24, 2.45) is 0 Å². The maximum Gasteiger partial charge on any atom is 0.376 e. The van der Waals surface area contributed by atoms with Crippen LogP contribution in [0.2, 0.25) is 0 Å². The van der Waals surface area contributed by atoms with Crippen molar-refractivity contribution in [2.45, 2.75) is 13.8 Å². The Bertz CT molecular complexity index is 648. The fraction of sp³-hybridized carbons (Fsp3) is 0.333. The molecular weight excluding hydrogens is 274 g/mol. The molecule has 2 rings (SSSR count). The van der Waals surface area contributed by atoms with Gasteiger partial charge in [0.05, 0.1) is 32.1 Å². The average molecular weight is 291 g/mol. The standard InChI is InChI=1S/C15H17NO5/c1-5-20-15(17)12-9(2)16-14(21-12)10-7-6-8-11(18-3)13(10)19-4/h6-8H,5H2,1-4H3. The van der Waals surface area contributed by atoms with Gasteiger partial charge in [0, 0.05) is 0 Å². The van der Waals surface area contributed by atoms with Gasteiger partial charge in [-0.15, -0.1) is 0 Å². The summed E-state index contributed by atoms with van der Waals surface area (Å²) in [7, 11) is 3.08. The summed E-state index contributed by atoms with van der Waals surface area (Å²) in [5.74, 6) is 0.902. The lowest BCUT2D eigenvalue weighted by molar-refractivity contribution is 0.0490. The van der Waals surface area contributed by atoms with Crippen molar-refractivity contribution in [3.8, 4) is 23.0 Å². The molecule has 1 heterocycles. The zero-order valence-corrected chi connectivity index (χ0v) is 12.4. The maximum atomic E-state index is 11.8. The van der Waals surface area contributed by atoms with Crippen molar-refractivity contribution in [3.05, 3.63) is 29.7 Å². The quantitative estimate of drug-likeness (QED) is 0.789. The zero-order chi connectivity index (χ0) is 15.4. The minimum Gasteiger partial charge on any atom is -0.493 e. The molecule has 0 bridgehead atoms. The lowest BCUT2D eigenvalue weighted by Gasteiger charge is -2.09. The number of esters is 1. The van der Waals surface area contributed by atoms with E-state index in [-0.39, 0.29) is 18.3 Å². The van der Waals surface area contributed by atoms with E-state index in [2.05, 4.69) is 4.98 Å². The lowest BCUT2D eigenvalue weighted by Crippen LogP contribution is -2.04. The molecule has 6 nitrogen and oxygen atoms in total. The van der Waals surface area contributed by atoms with Crippen molar-refractivity contribution in [2.75, 3.05) is 20.8 Å². The number of aromatic nitrogens is 1. The number of hydrogen-bond acceptors (Lipinski definition) is 6. The molecule has 0 amide bonds. The Kier molecular flexibility index (Phi) is 4.47. The zero-order valence-electron chi connectivity index (χ0n) is 12.4. The van der Waals surface area contributed by atoms with Gasteiger partial charge in [-0.3, -0.25) is 0 Å². The minimum atomic E-state index is -0.532. The van der Waals surface area contributed by atoms with Gasteiger partial charge in [0.15, 0.2) is 11.5 Å². The van der Waals surface area contributed by atoms with Crippen molar-refractivity contribution >= 4 is 5.97 Å². The normalized spacial score (nSPS) is 10.3. The first-order valence-corrected chi connectivity index (χ1v) is 6.48. The van der Waals surface area contributed by atoms with Crippen LogP contribution in [0.15, 0.2) is 22.6 Å². The first-order chi connectivity index (χ1) is 10.1. The molecule has 21 heavy (non-hydrogen) atoms. The summed E-state index contributed by atoms with van der Waals surface area (Å²) in [5.41, 5.74) is 1.07. The van der Waals surface area contributed by atoms with E-state index in [4.69, 9.17) is 18.6 Å². The van der Waals surface area contributed by atoms with Crippen molar-refractivity contribution in [3.63, 3.8) is 0 Å². The van der Waals surface area contributed by atoms with E-state index >= 15 is 0 Å². The predicted molar refractivity (Wildman–Crippen MR) is 75.7 cm³/mol. The van der Waals surface area contributed by atoms with Crippen LogP contribution in [-0.4, -0.2) is 31.8 Å². The molecular formula is C15H17NO5. The molecule has 0 atom stereocenters. The molecule has 0 saturated heterocycles. The minimum absolute atomic E-state index is 0.0942. The SMILES string of the molecule is CCOC(=O)c1oc(-c2cccc(OC)c2OC)nc1C. The third-order valence-corrected chi connectivity index (χ3v) is 2.89. The van der Waals surface area contributed by atoms with Crippen LogP contribution in [-0.2, 0) is 4.74 Å². The second kappa shape index (κ2) is 6.30. The van der Waals surface area contributed by atoms with Gasteiger partial charge < -0.3 is 18.6 Å². The van der Waals surface area contributed by atoms with Gasteiger partial charge in [-0.2, -0.15) is 0 Å². The van der Waals surface area contributed by atoms with Crippen LogP contribution in [0.25, 0.3) is 11.5 Å². The first kappa shape index (κ1) is 14.9. The van der Waals surface area contributed by atoms with Crippen LogP contribution in [0.1, 0.15) is 23.2 Å². The number of para-hydroxylation sites is 1. The Morgan fingerprint density at radius 3 is 2.67 bits per heavy atom. The van der Waals surface area contributed by atoms with Crippen LogP contribution >= 0.6 is 0 Å². The van der Waals surface area contributed by atoms with E-state index in [1.807, 2.05) is 0 Å². The molecule has 0 spiro atoms. The highest BCUT2D eigenvalue weighted by molar-refractivity contribution is 5.88. The molecule has 6 heteroatoms. The molecule has 0 radical (unpaired) electrons. The predicted octanol–water partition coefficient (Wildman–Crippen LogP) is 2.84. The smallest absolute Gasteiger partial charge is 0.376 e. The number of rotatable bonds is 5. The summed E-state index contributed by atoms with van der Waals surface area (Å²) in [4.78, 5) is 16.0. The second-order valence-electron chi connectivity index (χ2n) is 4.20. The van der Waals surface area contributed by atoms with E-state index < -0.39 is 5.97 Å². The van der Waals surface area contributed by atoms with Gasteiger partial charge >= 0.3 is 5.97 Å². The molecule has 0 unspecified atom stereocenters. The number of nitrogens with zero attached hydrogens (tertiary/aromatic N) is 1. The molecule has 1 aromatic heterocycles. The molecule has 2 aromatic rings. The van der Waals surface area contributed by atoms with Gasteiger partial charge in [0.2, 0.25) is 11.7 Å². The molecule has 0 fully saturated rings. The van der Waals surface area contributed by atoms with Crippen LogP contribution in [0.5, 0.6) is 11.5 Å². The fourth-order valence-electron chi connectivity index (χ4n) is 1.95. The highest BCUT2D eigenvalue weighted by Crippen LogP contribution is 2.37. The Balaban J connectivity index is 2.48. The summed E-state index contributed by atoms with van der Waals surface area (Å²) < 4.78 is 21.0. The van der Waals surface area contributed by atoms with E-state index in [0.29, 0.717) is 22.8 Å². The topological polar surface area (TPSA) is 70.8 Å². The Morgan fingerprint density at radius 1 is 1.29 bits per heavy atom. The van der Waals surface area contributed by atoms with Crippen LogP contribution in [0.3, 0.4) is 0 Å². The van der Waals surface area contributed by atoms with Gasteiger partial charge in [-0.1, -0.05) is 6.07 Å². The maximum absolute atomic E-state index is 11.8. The number of oxazole rings is 1. The van der Waals surface area contributed by atoms with Crippen molar-refractivity contribution < 1.29 is 23.4 Å². The summed E-state index contributed by atoms with van der Waals surface area (Å²) in [6, 6.07) is 5.34. The van der Waals surface area contributed by atoms with Crippen LogP contribution < -0.4 is 9.47 Å². The third kappa shape index (κ3) is 2.84. The van der Waals surface area contributed by atoms with E-state index in [1.54, 1.807) is 39.2 Å². The number of ether oxygens (including phenoxy) is 3. The average Bonchev–Trinajstić information content (AvgIpc) is 2.88. The first-order valence-electron chi connectivity index (χ1n) is 6.48. The summed E-state index contributed by atoms with van der Waals surface area (Å²) in [5, 5.41) is 0. The Labute approximate surface area is 122 Å². The number of benzene rings is 1. The fourth-order valence-corrected chi connectivity index (χ4v) is 1.95. The van der Waals surface area contributed by atoms with Crippen molar-refractivity contribution in [1.29, 1.82) is 0 Å². The molecule has 0 aliphatic carbocycles.